The van der Waals surface area contributed by atoms with Crippen LogP contribution in [-0.4, -0.2) is 6.29 Å². The zero-order valence-electron chi connectivity index (χ0n) is 5.78. The van der Waals surface area contributed by atoms with E-state index < -0.39 is 0 Å². The van der Waals surface area contributed by atoms with Gasteiger partial charge in [0.1, 0.15) is 6.29 Å². The fraction of sp³-hybridized carbons (Fsp3) is 0. The van der Waals surface area contributed by atoms with E-state index in [0.29, 0.717) is 5.56 Å². The predicted molar refractivity (Wildman–Crippen MR) is 41.6 cm³/mol. The Bertz CT molecular complexity index is 387. The van der Waals surface area contributed by atoms with Crippen LogP contribution in [-0.2, 0) is 0 Å². The number of hydrogen-bond acceptors (Lipinski definition) is 2. The van der Waals surface area contributed by atoms with Crippen LogP contribution < -0.4 is 0 Å². The Morgan fingerprint density at radius 1 is 1.18 bits per heavy atom. The minimum atomic E-state index is 0.680. The number of aldehydes is 1. The lowest BCUT2D eigenvalue weighted by Crippen LogP contribution is -1.75. The number of rotatable bonds is 1. The predicted octanol–water partition coefficient (Wildman–Crippen LogP) is 2.25. The van der Waals surface area contributed by atoms with Gasteiger partial charge in [0.15, 0.2) is 0 Å². The first kappa shape index (κ1) is 6.16. The number of carbonyl (C=O) groups excluding carboxylic acids is 1. The molecule has 0 atom stereocenters. The Labute approximate surface area is 63.4 Å². The first-order valence-electron chi connectivity index (χ1n) is 3.31. The molecule has 0 N–H and O–H groups in total. The fourth-order valence-corrected chi connectivity index (χ4v) is 1.06. The average molecular weight is 146 g/mol. The van der Waals surface area contributed by atoms with Gasteiger partial charge in [0.05, 0.1) is 12.5 Å². The molecule has 2 rings (SSSR count). The highest BCUT2D eigenvalue weighted by molar-refractivity contribution is 5.87. The number of benzene rings is 1. The van der Waals surface area contributed by atoms with Gasteiger partial charge in [0, 0.05) is 16.3 Å². The van der Waals surface area contributed by atoms with E-state index in [2.05, 4.69) is 0 Å². The third-order valence-electron chi connectivity index (χ3n) is 1.64. The van der Waals surface area contributed by atoms with Crippen LogP contribution in [0.1, 0.15) is 10.4 Å². The van der Waals surface area contributed by atoms with Gasteiger partial charge in [-0.1, -0.05) is 12.1 Å². The molecule has 0 aliphatic rings. The van der Waals surface area contributed by atoms with Gasteiger partial charge in [-0.3, -0.25) is 4.79 Å². The number of furan rings is 1. The van der Waals surface area contributed by atoms with Crippen LogP contribution in [0, 0.1) is 0 Å². The molecule has 11 heavy (non-hydrogen) atoms. The maximum atomic E-state index is 10.3. The maximum absolute atomic E-state index is 10.3. The molecule has 54 valence electrons. The van der Waals surface area contributed by atoms with Crippen LogP contribution in [0.25, 0.3) is 10.8 Å². The molecule has 1 aromatic carbocycles. The Morgan fingerprint density at radius 2 is 2.00 bits per heavy atom. The van der Waals surface area contributed by atoms with Crippen LogP contribution in [0.3, 0.4) is 0 Å². The van der Waals surface area contributed by atoms with E-state index in [9.17, 15) is 4.79 Å². The standard InChI is InChI=1S/C9H6O2/c10-4-7-1-2-8-5-11-6-9(8)3-7/h1-6H. The van der Waals surface area contributed by atoms with E-state index in [-0.39, 0.29) is 0 Å². The summed E-state index contributed by atoms with van der Waals surface area (Å²) in [5.41, 5.74) is 0.680. The smallest absolute Gasteiger partial charge is 0.150 e. The first-order valence-corrected chi connectivity index (χ1v) is 3.31. The SMILES string of the molecule is O=Cc1ccc2cocc2c1. The molecule has 2 nitrogen and oxygen atoms in total. The molecule has 2 heteroatoms. The molecule has 1 aromatic heterocycles. The van der Waals surface area contributed by atoms with Crippen molar-refractivity contribution in [3.63, 3.8) is 0 Å². The Kier molecular flexibility index (Phi) is 1.25. The molecular weight excluding hydrogens is 140 g/mol. The lowest BCUT2D eigenvalue weighted by atomic mass is 10.1. The van der Waals surface area contributed by atoms with Crippen LogP contribution in [0.5, 0.6) is 0 Å². The number of fused-ring (bicyclic) bond motifs is 1. The number of carbonyl (C=O) groups is 1. The van der Waals surface area contributed by atoms with Crippen LogP contribution >= 0.6 is 0 Å². The van der Waals surface area contributed by atoms with Crippen molar-refractivity contribution in [3.8, 4) is 0 Å². The molecule has 0 aliphatic carbocycles. The largest absolute Gasteiger partial charge is 0.471 e. The Morgan fingerprint density at radius 3 is 2.82 bits per heavy atom. The molecule has 0 aliphatic heterocycles. The second-order valence-electron chi connectivity index (χ2n) is 2.38. The van der Waals surface area contributed by atoms with E-state index in [4.69, 9.17) is 4.42 Å². The summed E-state index contributed by atoms with van der Waals surface area (Å²) >= 11 is 0. The number of hydrogen-bond donors (Lipinski definition) is 0. The lowest BCUT2D eigenvalue weighted by molar-refractivity contribution is 0.112. The van der Waals surface area contributed by atoms with Crippen LogP contribution in [0.4, 0.5) is 0 Å². The van der Waals surface area contributed by atoms with Crippen molar-refractivity contribution < 1.29 is 9.21 Å². The monoisotopic (exact) mass is 146 g/mol. The van der Waals surface area contributed by atoms with E-state index >= 15 is 0 Å². The minimum Gasteiger partial charge on any atom is -0.471 e. The van der Waals surface area contributed by atoms with Gasteiger partial charge < -0.3 is 4.42 Å². The third kappa shape index (κ3) is 0.923. The zero-order chi connectivity index (χ0) is 7.68. The summed E-state index contributed by atoms with van der Waals surface area (Å²) in [6.45, 7) is 0. The molecule has 0 amide bonds. The van der Waals surface area contributed by atoms with Crippen molar-refractivity contribution in [2.45, 2.75) is 0 Å². The molecule has 0 spiro atoms. The van der Waals surface area contributed by atoms with E-state index in [1.54, 1.807) is 24.7 Å². The highest BCUT2D eigenvalue weighted by Gasteiger charge is 1.95. The quantitative estimate of drug-likeness (QED) is 0.577. The summed E-state index contributed by atoms with van der Waals surface area (Å²) in [5, 5.41) is 1.99. The van der Waals surface area contributed by atoms with Crippen LogP contribution in [0.15, 0.2) is 35.1 Å². The second-order valence-corrected chi connectivity index (χ2v) is 2.38. The van der Waals surface area contributed by atoms with Gasteiger partial charge in [0.2, 0.25) is 0 Å². The third-order valence-corrected chi connectivity index (χ3v) is 1.64. The Hall–Kier alpha value is -1.57. The van der Waals surface area contributed by atoms with E-state index in [0.717, 1.165) is 17.1 Å². The molecule has 0 radical (unpaired) electrons. The van der Waals surface area contributed by atoms with Gasteiger partial charge in [0.25, 0.3) is 0 Å². The summed E-state index contributed by atoms with van der Waals surface area (Å²) in [5.74, 6) is 0. The average Bonchev–Trinajstić information content (AvgIpc) is 2.50. The molecule has 0 saturated carbocycles. The second kappa shape index (κ2) is 2.23. The molecule has 1 heterocycles. The molecule has 0 fully saturated rings. The topological polar surface area (TPSA) is 30.2 Å². The molecule has 2 aromatic rings. The van der Waals surface area contributed by atoms with Crippen molar-refractivity contribution >= 4 is 17.1 Å². The van der Waals surface area contributed by atoms with Crippen molar-refractivity contribution in [2.24, 2.45) is 0 Å². The summed E-state index contributed by atoms with van der Waals surface area (Å²) in [6.07, 6.45) is 4.11. The lowest BCUT2D eigenvalue weighted by Gasteiger charge is -1.87. The first-order chi connectivity index (χ1) is 5.40. The molecule has 0 unspecified atom stereocenters. The van der Waals surface area contributed by atoms with Crippen molar-refractivity contribution in [1.29, 1.82) is 0 Å². The van der Waals surface area contributed by atoms with Crippen molar-refractivity contribution in [2.75, 3.05) is 0 Å². The van der Waals surface area contributed by atoms with E-state index in [1.807, 2.05) is 6.07 Å². The summed E-state index contributed by atoms with van der Waals surface area (Å²) < 4.78 is 4.95. The molecule has 0 saturated heterocycles. The summed E-state index contributed by atoms with van der Waals surface area (Å²) in [4.78, 5) is 10.3. The Balaban J connectivity index is 2.76. The van der Waals surface area contributed by atoms with Gasteiger partial charge in [-0.2, -0.15) is 0 Å². The van der Waals surface area contributed by atoms with E-state index in [1.165, 1.54) is 0 Å². The fourth-order valence-electron chi connectivity index (χ4n) is 1.06. The van der Waals surface area contributed by atoms with Gasteiger partial charge in [-0.05, 0) is 6.07 Å². The van der Waals surface area contributed by atoms with Crippen molar-refractivity contribution in [1.82, 2.24) is 0 Å². The van der Waals surface area contributed by atoms with Gasteiger partial charge in [-0.15, -0.1) is 0 Å². The highest BCUT2D eigenvalue weighted by Crippen LogP contribution is 2.15. The summed E-state index contributed by atoms with van der Waals surface area (Å²) in [6, 6.07) is 5.43. The maximum Gasteiger partial charge on any atom is 0.150 e. The molecular formula is C9H6O2. The zero-order valence-corrected chi connectivity index (χ0v) is 5.78. The molecule has 0 bridgehead atoms. The van der Waals surface area contributed by atoms with Crippen molar-refractivity contribution in [3.05, 3.63) is 36.3 Å². The summed E-state index contributed by atoms with van der Waals surface area (Å²) in [7, 11) is 0. The normalized spacial score (nSPS) is 10.2. The van der Waals surface area contributed by atoms with Gasteiger partial charge in [-0.25, -0.2) is 0 Å². The van der Waals surface area contributed by atoms with Crippen LogP contribution in [0.2, 0.25) is 0 Å². The van der Waals surface area contributed by atoms with Gasteiger partial charge >= 0.3 is 0 Å². The highest BCUT2D eigenvalue weighted by atomic mass is 16.3. The minimum absolute atomic E-state index is 0.680.